The molecular formula is C25H14F3N3O4. The van der Waals surface area contributed by atoms with E-state index in [9.17, 15) is 32.7 Å². The number of aliphatic imine (C=N–C) groups is 1. The minimum absolute atomic E-state index is 0.0416. The molecule has 2 heterocycles. The number of amides is 2. The first-order valence-corrected chi connectivity index (χ1v) is 10.2. The molecule has 1 aliphatic heterocycles. The molecule has 4 aromatic rings. The lowest BCUT2D eigenvalue weighted by Crippen LogP contribution is -2.20. The zero-order valence-electron chi connectivity index (χ0n) is 17.6. The summed E-state index contributed by atoms with van der Waals surface area (Å²) in [4.78, 5) is 41.5. The van der Waals surface area contributed by atoms with Crippen LogP contribution in [0.1, 0.15) is 31.8 Å². The van der Waals surface area contributed by atoms with Crippen LogP contribution in [-0.2, 0) is 6.18 Å². The summed E-state index contributed by atoms with van der Waals surface area (Å²) in [5, 5.41) is 13.7. The lowest BCUT2D eigenvalue weighted by Gasteiger charge is -2.15. The van der Waals surface area contributed by atoms with E-state index in [-0.39, 0.29) is 33.5 Å². The molecule has 2 N–H and O–H groups in total. The summed E-state index contributed by atoms with van der Waals surface area (Å²) in [7, 11) is 0. The highest BCUT2D eigenvalue weighted by atomic mass is 19.4. The minimum atomic E-state index is -4.65. The Kier molecular flexibility index (Phi) is 5.01. The molecule has 0 bridgehead atoms. The Balaban J connectivity index is 1.74. The molecule has 0 unspecified atom stereocenters. The first kappa shape index (κ1) is 22.1. The van der Waals surface area contributed by atoms with Crippen LogP contribution in [0.15, 0.2) is 76.5 Å². The van der Waals surface area contributed by atoms with Gasteiger partial charge in [-0.2, -0.15) is 13.2 Å². The molecule has 0 saturated heterocycles. The van der Waals surface area contributed by atoms with E-state index in [1.54, 1.807) is 18.2 Å². The van der Waals surface area contributed by atoms with Crippen molar-refractivity contribution >= 4 is 34.5 Å². The van der Waals surface area contributed by atoms with Crippen LogP contribution < -0.4 is 10.9 Å². The van der Waals surface area contributed by atoms with Gasteiger partial charge in [0.25, 0.3) is 17.4 Å². The second kappa shape index (κ2) is 7.94. The van der Waals surface area contributed by atoms with Crippen LogP contribution in [-0.4, -0.2) is 27.7 Å². The Labute approximate surface area is 194 Å². The van der Waals surface area contributed by atoms with Crippen LogP contribution in [0.2, 0.25) is 0 Å². The van der Waals surface area contributed by atoms with Gasteiger partial charge in [-0.25, -0.2) is 4.57 Å². The molecule has 0 fully saturated rings. The molecule has 0 atom stereocenters. The first-order chi connectivity index (χ1) is 16.7. The summed E-state index contributed by atoms with van der Waals surface area (Å²) in [6.45, 7) is 0. The van der Waals surface area contributed by atoms with Gasteiger partial charge < -0.3 is 5.11 Å². The molecule has 2 amide bonds. The van der Waals surface area contributed by atoms with Gasteiger partial charge in [0.1, 0.15) is 0 Å². The van der Waals surface area contributed by atoms with Crippen molar-refractivity contribution in [1.82, 2.24) is 9.88 Å². The third kappa shape index (κ3) is 3.65. The highest BCUT2D eigenvalue weighted by Crippen LogP contribution is 2.33. The normalized spacial score (nSPS) is 13.5. The second-order valence-electron chi connectivity index (χ2n) is 7.71. The molecule has 1 aromatic heterocycles. The van der Waals surface area contributed by atoms with Gasteiger partial charge in [-0.05, 0) is 36.4 Å². The summed E-state index contributed by atoms with van der Waals surface area (Å²) in [5.74, 6) is -1.82. The van der Waals surface area contributed by atoms with E-state index in [4.69, 9.17) is 0 Å². The summed E-state index contributed by atoms with van der Waals surface area (Å²) in [6, 6.07) is 14.8. The van der Waals surface area contributed by atoms with Crippen molar-refractivity contribution in [1.29, 1.82) is 0 Å². The molecular weight excluding hydrogens is 463 g/mol. The number of hydrogen-bond donors (Lipinski definition) is 2. The van der Waals surface area contributed by atoms with Crippen molar-refractivity contribution in [3.8, 4) is 11.6 Å². The van der Waals surface area contributed by atoms with Gasteiger partial charge in [0.15, 0.2) is 0 Å². The number of benzene rings is 3. The number of aromatic hydroxyl groups is 1. The van der Waals surface area contributed by atoms with Crippen LogP contribution in [0, 0.1) is 0 Å². The van der Waals surface area contributed by atoms with Gasteiger partial charge in [-0.15, -0.1) is 0 Å². The van der Waals surface area contributed by atoms with E-state index < -0.39 is 35.0 Å². The average Bonchev–Trinajstić information content (AvgIpc) is 3.13. The predicted molar refractivity (Wildman–Crippen MR) is 122 cm³/mol. The molecule has 35 heavy (non-hydrogen) atoms. The zero-order chi connectivity index (χ0) is 24.9. The second-order valence-corrected chi connectivity index (χ2v) is 7.71. The molecule has 5 rings (SSSR count). The van der Waals surface area contributed by atoms with Crippen molar-refractivity contribution in [3.63, 3.8) is 0 Å². The molecule has 0 aliphatic carbocycles. The zero-order valence-corrected chi connectivity index (χ0v) is 17.6. The van der Waals surface area contributed by atoms with E-state index in [1.165, 1.54) is 36.5 Å². The Morgan fingerprint density at radius 2 is 1.60 bits per heavy atom. The fraction of sp³-hybridized carbons (Fsp3) is 0.0400. The topological polar surface area (TPSA) is 101 Å². The largest absolute Gasteiger partial charge is 0.494 e. The standard InChI is InChI=1S/C25H14F3N3O4/c26-25(27,28)13-5-3-6-14(11-13)31-23(34)16-8-2-1-7-15(16)18(24(31)35)12-29-19-10-4-9-17-20(19)22(33)30-21(17)32/h1-12,35H,(H,30,32,33). The fourth-order valence-electron chi connectivity index (χ4n) is 3.99. The van der Waals surface area contributed by atoms with Crippen LogP contribution in [0.3, 0.4) is 0 Å². The van der Waals surface area contributed by atoms with Gasteiger partial charge in [-0.1, -0.05) is 30.3 Å². The number of fused-ring (bicyclic) bond motifs is 2. The average molecular weight is 477 g/mol. The molecule has 7 nitrogen and oxygen atoms in total. The number of rotatable bonds is 3. The number of carbonyl (C=O) groups excluding carboxylic acids is 2. The van der Waals surface area contributed by atoms with Crippen molar-refractivity contribution in [2.45, 2.75) is 6.18 Å². The van der Waals surface area contributed by atoms with Gasteiger partial charge in [0, 0.05) is 17.0 Å². The number of halogens is 3. The predicted octanol–water partition coefficient (Wildman–Crippen LogP) is 4.35. The number of nitrogens with zero attached hydrogens (tertiary/aromatic N) is 2. The first-order valence-electron chi connectivity index (χ1n) is 10.2. The van der Waals surface area contributed by atoms with E-state index in [0.29, 0.717) is 5.39 Å². The molecule has 3 aromatic carbocycles. The number of imide groups is 1. The molecule has 10 heteroatoms. The lowest BCUT2D eigenvalue weighted by atomic mass is 10.1. The Hall–Kier alpha value is -4.73. The third-order valence-corrected chi connectivity index (χ3v) is 5.61. The van der Waals surface area contributed by atoms with E-state index >= 15 is 0 Å². The summed E-state index contributed by atoms with van der Waals surface area (Å²) < 4.78 is 40.6. The maximum Gasteiger partial charge on any atom is 0.416 e. The molecule has 0 spiro atoms. The van der Waals surface area contributed by atoms with Crippen molar-refractivity contribution in [2.24, 2.45) is 4.99 Å². The van der Waals surface area contributed by atoms with Crippen LogP contribution in [0.4, 0.5) is 18.9 Å². The smallest absolute Gasteiger partial charge is 0.416 e. The molecule has 1 aliphatic rings. The summed E-state index contributed by atoms with van der Waals surface area (Å²) in [5.41, 5.74) is -1.50. The number of alkyl halides is 3. The molecule has 0 radical (unpaired) electrons. The number of aromatic nitrogens is 1. The Morgan fingerprint density at radius 3 is 2.34 bits per heavy atom. The van der Waals surface area contributed by atoms with Gasteiger partial charge >= 0.3 is 6.18 Å². The SMILES string of the molecule is O=C1NC(=O)c2c(N=Cc3c(O)n(-c4cccc(C(F)(F)F)c4)c(=O)c4ccccc34)cccc21. The van der Waals surface area contributed by atoms with E-state index in [0.717, 1.165) is 22.8 Å². The van der Waals surface area contributed by atoms with E-state index in [2.05, 4.69) is 10.3 Å². The Bertz CT molecular complexity index is 1640. The maximum absolute atomic E-state index is 13.3. The highest BCUT2D eigenvalue weighted by Gasteiger charge is 2.31. The van der Waals surface area contributed by atoms with Crippen molar-refractivity contribution < 1.29 is 27.9 Å². The number of carbonyl (C=O) groups is 2. The lowest BCUT2D eigenvalue weighted by molar-refractivity contribution is -0.137. The third-order valence-electron chi connectivity index (χ3n) is 5.61. The number of pyridine rings is 1. The monoisotopic (exact) mass is 477 g/mol. The fourth-order valence-corrected chi connectivity index (χ4v) is 3.99. The van der Waals surface area contributed by atoms with Crippen molar-refractivity contribution in [2.75, 3.05) is 0 Å². The quantitative estimate of drug-likeness (QED) is 0.339. The molecule has 0 saturated carbocycles. The van der Waals surface area contributed by atoms with Crippen LogP contribution >= 0.6 is 0 Å². The van der Waals surface area contributed by atoms with Gasteiger partial charge in [-0.3, -0.25) is 24.7 Å². The molecule has 174 valence electrons. The highest BCUT2D eigenvalue weighted by molar-refractivity contribution is 6.23. The summed E-state index contributed by atoms with van der Waals surface area (Å²) in [6.07, 6.45) is -3.45. The number of nitrogens with one attached hydrogen (secondary N) is 1. The van der Waals surface area contributed by atoms with E-state index in [1.807, 2.05) is 0 Å². The minimum Gasteiger partial charge on any atom is -0.494 e. The maximum atomic E-state index is 13.3. The van der Waals surface area contributed by atoms with Gasteiger partial charge in [0.05, 0.1) is 33.6 Å². The summed E-state index contributed by atoms with van der Waals surface area (Å²) >= 11 is 0. The van der Waals surface area contributed by atoms with Crippen LogP contribution in [0.25, 0.3) is 16.5 Å². The van der Waals surface area contributed by atoms with Gasteiger partial charge in [0.2, 0.25) is 5.88 Å². The van der Waals surface area contributed by atoms with Crippen molar-refractivity contribution in [3.05, 3.63) is 99.3 Å². The Morgan fingerprint density at radius 1 is 0.886 bits per heavy atom. The van der Waals surface area contributed by atoms with Crippen LogP contribution in [0.5, 0.6) is 5.88 Å². The number of hydrogen-bond acceptors (Lipinski definition) is 5.